The first-order valence-corrected chi connectivity index (χ1v) is 10.1. The molecule has 0 saturated carbocycles. The summed E-state index contributed by atoms with van der Waals surface area (Å²) in [6.07, 6.45) is 1.11. The summed E-state index contributed by atoms with van der Waals surface area (Å²) in [5.74, 6) is -0.00580. The molecule has 0 bridgehead atoms. The van der Waals surface area contributed by atoms with Gasteiger partial charge in [0.1, 0.15) is 11.2 Å². The average molecular weight is 401 g/mol. The molecular formula is C20H36N2O6. The Kier molecular flexibility index (Phi) is 6.86. The second kappa shape index (κ2) is 8.45. The molecule has 0 spiro atoms. The molecule has 8 heteroatoms. The van der Waals surface area contributed by atoms with Crippen molar-refractivity contribution < 1.29 is 29.3 Å². The largest absolute Gasteiger partial charge is 0.444 e. The molecule has 28 heavy (non-hydrogen) atoms. The molecule has 0 aromatic carbocycles. The Morgan fingerprint density at radius 2 is 1.43 bits per heavy atom. The number of nitrogens with zero attached hydrogens (tertiary/aromatic N) is 2. The van der Waals surface area contributed by atoms with Crippen molar-refractivity contribution in [3.63, 3.8) is 0 Å². The summed E-state index contributed by atoms with van der Waals surface area (Å²) in [6.45, 7) is 11.0. The van der Waals surface area contributed by atoms with Crippen LogP contribution >= 0.6 is 0 Å². The fourth-order valence-corrected chi connectivity index (χ4v) is 4.10. The highest BCUT2D eigenvalue weighted by atomic mass is 16.6. The lowest BCUT2D eigenvalue weighted by molar-refractivity contribution is 0.00288. The van der Waals surface area contributed by atoms with E-state index in [1.54, 1.807) is 30.6 Å². The summed E-state index contributed by atoms with van der Waals surface area (Å²) in [6, 6.07) is -0.773. The second-order valence-electron chi connectivity index (χ2n) is 9.83. The molecule has 2 aliphatic rings. The standard InChI is InChI=1S/C20H36N2O6/c1-19(2,3)27-17(25)21-10-13(9-15(21)12-24)16-8-7-14(11-23)22(16)18(26)28-20(4,5)6/h13-16,23-24H,7-12H2,1-6H3/t13-,14+,15+,16-/m1/s1. The van der Waals surface area contributed by atoms with Gasteiger partial charge in [0.25, 0.3) is 0 Å². The number of hydrogen-bond donors (Lipinski definition) is 2. The Morgan fingerprint density at radius 3 is 1.93 bits per heavy atom. The van der Waals surface area contributed by atoms with Gasteiger partial charge in [0.05, 0.1) is 25.3 Å². The lowest BCUT2D eigenvalue weighted by Crippen LogP contribution is -2.48. The van der Waals surface area contributed by atoms with Crippen LogP contribution in [0.3, 0.4) is 0 Å². The van der Waals surface area contributed by atoms with Crippen LogP contribution in [-0.4, -0.2) is 81.3 Å². The Hall–Kier alpha value is -1.54. The zero-order valence-corrected chi connectivity index (χ0v) is 18.0. The van der Waals surface area contributed by atoms with Crippen molar-refractivity contribution >= 4 is 12.2 Å². The number of hydrogen-bond acceptors (Lipinski definition) is 6. The fraction of sp³-hybridized carbons (Fsp3) is 0.900. The molecule has 8 nitrogen and oxygen atoms in total. The quantitative estimate of drug-likeness (QED) is 0.754. The van der Waals surface area contributed by atoms with Gasteiger partial charge in [-0.1, -0.05) is 0 Å². The van der Waals surface area contributed by atoms with E-state index in [0.29, 0.717) is 19.4 Å². The van der Waals surface area contributed by atoms with Crippen LogP contribution in [0, 0.1) is 5.92 Å². The maximum Gasteiger partial charge on any atom is 0.410 e. The number of likely N-dealkylation sites (tertiary alicyclic amines) is 2. The summed E-state index contributed by atoms with van der Waals surface area (Å²) in [5, 5.41) is 19.5. The summed E-state index contributed by atoms with van der Waals surface area (Å²) in [7, 11) is 0. The minimum atomic E-state index is -0.629. The summed E-state index contributed by atoms with van der Waals surface area (Å²) in [5.41, 5.74) is -1.25. The lowest BCUT2D eigenvalue weighted by Gasteiger charge is -2.34. The van der Waals surface area contributed by atoms with Gasteiger partial charge in [-0.3, -0.25) is 4.90 Å². The fourth-order valence-electron chi connectivity index (χ4n) is 4.10. The number of ether oxygens (including phenoxy) is 2. The molecule has 4 atom stereocenters. The van der Waals surface area contributed by atoms with Crippen molar-refractivity contribution in [3.05, 3.63) is 0 Å². The Balaban J connectivity index is 2.16. The third-order valence-corrected chi connectivity index (χ3v) is 5.19. The zero-order valence-electron chi connectivity index (χ0n) is 18.0. The van der Waals surface area contributed by atoms with Gasteiger partial charge < -0.3 is 24.6 Å². The molecule has 0 aliphatic carbocycles. The molecule has 0 aromatic heterocycles. The Labute approximate surface area is 167 Å². The van der Waals surface area contributed by atoms with Crippen LogP contribution in [-0.2, 0) is 9.47 Å². The van der Waals surface area contributed by atoms with Crippen molar-refractivity contribution in [1.82, 2.24) is 9.80 Å². The van der Waals surface area contributed by atoms with E-state index in [2.05, 4.69) is 0 Å². The molecule has 2 heterocycles. The molecule has 2 rings (SSSR count). The monoisotopic (exact) mass is 400 g/mol. The molecule has 2 amide bonds. The molecule has 162 valence electrons. The van der Waals surface area contributed by atoms with E-state index < -0.39 is 23.4 Å². The Bertz CT molecular complexity index is 568. The highest BCUT2D eigenvalue weighted by molar-refractivity contribution is 5.70. The zero-order chi connectivity index (χ0) is 21.3. The van der Waals surface area contributed by atoms with Crippen molar-refractivity contribution in [2.45, 2.75) is 90.1 Å². The van der Waals surface area contributed by atoms with Gasteiger partial charge in [-0.05, 0) is 66.7 Å². The number of carbonyl (C=O) groups excluding carboxylic acids is 2. The van der Waals surface area contributed by atoms with E-state index in [-0.39, 0.29) is 37.3 Å². The number of aliphatic hydroxyl groups excluding tert-OH is 2. The minimum Gasteiger partial charge on any atom is -0.444 e. The maximum absolute atomic E-state index is 12.8. The topological polar surface area (TPSA) is 99.5 Å². The summed E-state index contributed by atoms with van der Waals surface area (Å²) >= 11 is 0. The molecule has 2 fully saturated rings. The minimum absolute atomic E-state index is 0.00580. The molecular weight excluding hydrogens is 364 g/mol. The van der Waals surface area contributed by atoms with E-state index in [1.807, 2.05) is 20.8 Å². The van der Waals surface area contributed by atoms with Gasteiger partial charge >= 0.3 is 12.2 Å². The number of carbonyl (C=O) groups is 2. The van der Waals surface area contributed by atoms with Crippen molar-refractivity contribution in [2.24, 2.45) is 5.92 Å². The van der Waals surface area contributed by atoms with Crippen LogP contribution < -0.4 is 0 Å². The summed E-state index contributed by atoms with van der Waals surface area (Å²) in [4.78, 5) is 28.6. The third kappa shape index (κ3) is 5.50. The predicted molar refractivity (Wildman–Crippen MR) is 104 cm³/mol. The maximum atomic E-state index is 12.8. The van der Waals surface area contributed by atoms with Crippen LogP contribution in [0.25, 0.3) is 0 Å². The average Bonchev–Trinajstić information content (AvgIpc) is 3.15. The lowest BCUT2D eigenvalue weighted by atomic mass is 9.95. The van der Waals surface area contributed by atoms with Gasteiger partial charge in [-0.25, -0.2) is 9.59 Å². The molecule has 2 saturated heterocycles. The predicted octanol–water partition coefficient (Wildman–Crippen LogP) is 2.36. The normalized spacial score (nSPS) is 28.6. The van der Waals surface area contributed by atoms with E-state index in [0.717, 1.165) is 6.42 Å². The number of amides is 2. The van der Waals surface area contributed by atoms with E-state index >= 15 is 0 Å². The van der Waals surface area contributed by atoms with Gasteiger partial charge in [-0.15, -0.1) is 0 Å². The first kappa shape index (κ1) is 22.7. The van der Waals surface area contributed by atoms with E-state index in [1.165, 1.54) is 0 Å². The molecule has 2 N–H and O–H groups in total. The first-order valence-electron chi connectivity index (χ1n) is 10.1. The smallest absolute Gasteiger partial charge is 0.410 e. The van der Waals surface area contributed by atoms with E-state index in [9.17, 15) is 19.8 Å². The van der Waals surface area contributed by atoms with Crippen molar-refractivity contribution in [2.75, 3.05) is 19.8 Å². The van der Waals surface area contributed by atoms with Crippen molar-refractivity contribution in [1.29, 1.82) is 0 Å². The molecule has 0 unspecified atom stereocenters. The van der Waals surface area contributed by atoms with Crippen LogP contribution in [0.2, 0.25) is 0 Å². The molecule has 2 aliphatic heterocycles. The van der Waals surface area contributed by atoms with Crippen LogP contribution in [0.4, 0.5) is 9.59 Å². The van der Waals surface area contributed by atoms with Gasteiger partial charge in [-0.2, -0.15) is 0 Å². The molecule has 0 aromatic rings. The highest BCUT2D eigenvalue weighted by Gasteiger charge is 2.47. The molecule has 0 radical (unpaired) electrons. The highest BCUT2D eigenvalue weighted by Crippen LogP contribution is 2.37. The second-order valence-corrected chi connectivity index (χ2v) is 9.83. The third-order valence-electron chi connectivity index (χ3n) is 5.19. The SMILES string of the molecule is CC(C)(C)OC(=O)N1C[C@H]([C@H]2CC[C@@H](CO)N2C(=O)OC(C)(C)C)C[C@H]1CO. The number of aliphatic hydroxyl groups is 2. The first-order chi connectivity index (χ1) is 12.9. The van der Waals surface area contributed by atoms with Gasteiger partial charge in [0.15, 0.2) is 0 Å². The number of rotatable bonds is 3. The van der Waals surface area contributed by atoms with Crippen LogP contribution in [0.1, 0.15) is 60.8 Å². The van der Waals surface area contributed by atoms with Crippen molar-refractivity contribution in [3.8, 4) is 0 Å². The van der Waals surface area contributed by atoms with E-state index in [4.69, 9.17) is 9.47 Å². The summed E-state index contributed by atoms with van der Waals surface area (Å²) < 4.78 is 11.0. The Morgan fingerprint density at radius 1 is 0.893 bits per heavy atom. The van der Waals surface area contributed by atoms with Crippen LogP contribution in [0.5, 0.6) is 0 Å². The van der Waals surface area contributed by atoms with Gasteiger partial charge in [0, 0.05) is 12.6 Å². The van der Waals surface area contributed by atoms with Gasteiger partial charge in [0.2, 0.25) is 0 Å². The van der Waals surface area contributed by atoms with Crippen LogP contribution in [0.15, 0.2) is 0 Å².